The maximum atomic E-state index is 5.59. The lowest BCUT2D eigenvalue weighted by Crippen LogP contribution is -1.92. The van der Waals surface area contributed by atoms with E-state index in [0.717, 1.165) is 26.1 Å². The van der Waals surface area contributed by atoms with Crippen LogP contribution in [0.4, 0.5) is 0 Å². The smallest absolute Gasteiger partial charge is 0.146 e. The van der Waals surface area contributed by atoms with Gasteiger partial charge in [-0.05, 0) is 65.1 Å². The van der Waals surface area contributed by atoms with Gasteiger partial charge in [-0.15, -0.1) is 22.7 Å². The number of nitrogens with zero attached hydrogens (tertiary/aromatic N) is 5. The van der Waals surface area contributed by atoms with Gasteiger partial charge in [0.05, 0.1) is 14.6 Å². The van der Waals surface area contributed by atoms with E-state index in [1.54, 1.807) is 12.4 Å². The van der Waals surface area contributed by atoms with Crippen LogP contribution in [0.5, 0.6) is 0 Å². The summed E-state index contributed by atoms with van der Waals surface area (Å²) in [6.45, 7) is 0. The molecule has 0 aliphatic heterocycles. The van der Waals surface area contributed by atoms with Crippen LogP contribution in [-0.2, 0) is 0 Å². The summed E-state index contributed by atoms with van der Waals surface area (Å²) >= 11 is 11.4. The fraction of sp³-hybridized carbons (Fsp3) is 0. The largest absolute Gasteiger partial charge is 0.345 e. The number of aromatic nitrogens is 6. The highest BCUT2D eigenvalue weighted by atomic mass is 127. The fourth-order valence-corrected chi connectivity index (χ4v) is 9.33. The predicted octanol–water partition coefficient (Wildman–Crippen LogP) is 12.2. The van der Waals surface area contributed by atoms with E-state index in [1.165, 1.54) is 56.7 Å². The summed E-state index contributed by atoms with van der Waals surface area (Å²) in [6.07, 6.45) is 11.1. The number of nitrogens with one attached hydrogen (secondary N) is 1. The van der Waals surface area contributed by atoms with Gasteiger partial charge in [-0.3, -0.25) is 9.38 Å². The highest BCUT2D eigenvalue weighted by molar-refractivity contribution is 14.1. The van der Waals surface area contributed by atoms with Crippen molar-refractivity contribution in [3.8, 4) is 11.4 Å². The van der Waals surface area contributed by atoms with Crippen LogP contribution >= 0.6 is 56.9 Å². The third-order valence-electron chi connectivity index (χ3n) is 8.58. The molecule has 11 rings (SSSR count). The van der Waals surface area contributed by atoms with Gasteiger partial charge in [-0.1, -0.05) is 72.3 Å². The lowest BCUT2D eigenvalue weighted by Gasteiger charge is -2.08. The molecule has 1 N–H and O–H groups in total. The van der Waals surface area contributed by atoms with Gasteiger partial charge in [0, 0.05) is 93.9 Å². The molecule has 4 aromatic carbocycles. The summed E-state index contributed by atoms with van der Waals surface area (Å²) in [5, 5.41) is 8.19. The molecule has 0 bridgehead atoms. The van der Waals surface area contributed by atoms with Crippen molar-refractivity contribution in [2.24, 2.45) is 0 Å². The molecule has 0 saturated carbocycles. The second kappa shape index (κ2) is 13.1. The molecule has 0 aliphatic rings. The van der Waals surface area contributed by atoms with Crippen molar-refractivity contribution >= 4 is 125 Å². The number of H-pyrrole nitrogens is 1. The molecule has 0 fully saturated rings. The van der Waals surface area contributed by atoms with Gasteiger partial charge >= 0.3 is 0 Å². The minimum absolute atomic E-state index is 0.577. The molecule has 0 unspecified atom stereocenters. The zero-order valence-corrected chi connectivity index (χ0v) is 30.6. The van der Waals surface area contributed by atoms with Crippen molar-refractivity contribution in [2.75, 3.05) is 0 Å². The van der Waals surface area contributed by atoms with Crippen molar-refractivity contribution in [2.45, 2.75) is 0 Å². The highest BCUT2D eigenvalue weighted by Gasteiger charge is 2.16. The average molecular weight is 815 g/mol. The van der Waals surface area contributed by atoms with Crippen molar-refractivity contribution in [1.29, 1.82) is 0 Å². The van der Waals surface area contributed by atoms with E-state index in [2.05, 4.69) is 137 Å². The van der Waals surface area contributed by atoms with Gasteiger partial charge in [0.15, 0.2) is 0 Å². The number of fused-ring (bicyclic) bond motifs is 13. The van der Waals surface area contributed by atoms with Crippen LogP contribution in [0.1, 0.15) is 0 Å². The number of thiophene rings is 2. The SMILES string of the molecule is Clc1ncccc1I.c1ccc2c(c1)sc1c(-c3ncc[nH]3)cccc12.c1ccc2c(c1)sc1c2ccc2c3ncccc3n3ccnc3c21. The van der Waals surface area contributed by atoms with Crippen LogP contribution in [0.2, 0.25) is 5.15 Å². The minimum atomic E-state index is 0.577. The molecule has 0 saturated heterocycles. The van der Waals surface area contributed by atoms with E-state index in [-0.39, 0.29) is 0 Å². The number of imidazole rings is 2. The molecule has 7 aromatic heterocycles. The Bertz CT molecular complexity index is 2960. The Hall–Kier alpha value is -4.94. The van der Waals surface area contributed by atoms with E-state index in [9.17, 15) is 0 Å². The van der Waals surface area contributed by atoms with E-state index >= 15 is 0 Å². The minimum Gasteiger partial charge on any atom is -0.345 e. The van der Waals surface area contributed by atoms with Crippen molar-refractivity contribution < 1.29 is 0 Å². The summed E-state index contributed by atoms with van der Waals surface area (Å²) in [4.78, 5) is 20.7. The first kappa shape index (κ1) is 31.1. The van der Waals surface area contributed by atoms with Gasteiger partial charge < -0.3 is 4.98 Å². The van der Waals surface area contributed by atoms with E-state index in [1.807, 2.05) is 65.7 Å². The van der Waals surface area contributed by atoms with Crippen LogP contribution in [0.3, 0.4) is 0 Å². The Labute approximate surface area is 312 Å². The number of hydrogen-bond acceptors (Lipinski definition) is 6. The van der Waals surface area contributed by atoms with Gasteiger partial charge in [-0.2, -0.15) is 0 Å². The summed E-state index contributed by atoms with van der Waals surface area (Å²) in [5.41, 5.74) is 4.30. The van der Waals surface area contributed by atoms with Gasteiger partial charge in [0.2, 0.25) is 0 Å². The number of halogens is 2. The lowest BCUT2D eigenvalue weighted by atomic mass is 10.1. The second-order valence-electron chi connectivity index (χ2n) is 11.4. The number of benzene rings is 4. The zero-order valence-electron chi connectivity index (χ0n) is 26.1. The molecule has 10 heteroatoms. The van der Waals surface area contributed by atoms with Crippen LogP contribution < -0.4 is 0 Å². The molecule has 0 aliphatic carbocycles. The zero-order chi connectivity index (χ0) is 33.6. The second-order valence-corrected chi connectivity index (χ2v) is 15.1. The maximum absolute atomic E-state index is 5.59. The van der Waals surface area contributed by atoms with Gasteiger partial charge in [-0.25, -0.2) is 15.0 Å². The molecule has 50 heavy (non-hydrogen) atoms. The quantitative estimate of drug-likeness (QED) is 0.102. The summed E-state index contributed by atoms with van der Waals surface area (Å²) in [5.74, 6) is 0.937. The Morgan fingerprint density at radius 1 is 0.600 bits per heavy atom. The first-order valence-corrected chi connectivity index (χ1v) is 18.8. The van der Waals surface area contributed by atoms with E-state index < -0.39 is 0 Å². The monoisotopic (exact) mass is 814 g/mol. The Morgan fingerprint density at radius 3 is 2.04 bits per heavy atom. The molecular weight excluding hydrogens is 791 g/mol. The van der Waals surface area contributed by atoms with Crippen LogP contribution in [0.15, 0.2) is 140 Å². The third-order valence-corrected chi connectivity index (χ3v) is 12.5. The Kier molecular flexibility index (Phi) is 8.12. The van der Waals surface area contributed by atoms with Crippen molar-refractivity contribution in [1.82, 2.24) is 29.3 Å². The Morgan fingerprint density at radius 2 is 1.30 bits per heavy atom. The number of pyridine rings is 3. The molecule has 0 spiro atoms. The lowest BCUT2D eigenvalue weighted by molar-refractivity contribution is 1.25. The summed E-state index contributed by atoms with van der Waals surface area (Å²) in [6, 6.07) is 35.8. The summed E-state index contributed by atoms with van der Waals surface area (Å²) in [7, 11) is 0. The number of hydrogen-bond donors (Lipinski definition) is 1. The first-order valence-electron chi connectivity index (χ1n) is 15.8. The van der Waals surface area contributed by atoms with E-state index in [0.29, 0.717) is 5.15 Å². The average Bonchev–Trinajstić information content (AvgIpc) is 3.99. The molecular formula is C40H24ClIN6S2. The maximum Gasteiger partial charge on any atom is 0.146 e. The summed E-state index contributed by atoms with van der Waals surface area (Å²) < 4.78 is 8.37. The molecule has 0 atom stereocenters. The van der Waals surface area contributed by atoms with Crippen LogP contribution in [-0.4, -0.2) is 29.3 Å². The molecule has 0 radical (unpaired) electrons. The first-order chi connectivity index (χ1) is 24.7. The van der Waals surface area contributed by atoms with Crippen LogP contribution in [0.25, 0.3) is 79.2 Å². The standard InChI is InChI=1S/C20H11N3S.C15H10N2S.C5H3ClIN/c1-2-6-16-12(4-1)13-7-8-14-17(19(13)24-16)20-22-10-11-23(20)15-5-3-9-21-18(14)15;1-2-7-13-10(4-1)11-5-3-6-12(14(11)18-13)15-16-8-9-17-15;6-5-4(7)2-1-3-8-5/h1-11H;1-9H,(H,16,17);1-3H. The van der Waals surface area contributed by atoms with E-state index in [4.69, 9.17) is 11.6 Å². The van der Waals surface area contributed by atoms with Crippen LogP contribution in [0, 0.1) is 3.57 Å². The molecule has 0 amide bonds. The highest BCUT2D eigenvalue weighted by Crippen LogP contribution is 2.41. The molecule has 11 aromatic rings. The molecule has 6 nitrogen and oxygen atoms in total. The number of rotatable bonds is 1. The van der Waals surface area contributed by atoms with Gasteiger partial charge in [0.1, 0.15) is 16.6 Å². The van der Waals surface area contributed by atoms with Crippen molar-refractivity contribution in [3.05, 3.63) is 149 Å². The van der Waals surface area contributed by atoms with Crippen molar-refractivity contribution in [3.63, 3.8) is 0 Å². The fourth-order valence-electron chi connectivity index (χ4n) is 6.40. The predicted molar refractivity (Wildman–Crippen MR) is 220 cm³/mol. The topological polar surface area (TPSA) is 71.8 Å². The normalized spacial score (nSPS) is 11.4. The van der Waals surface area contributed by atoms with Gasteiger partial charge in [0.25, 0.3) is 0 Å². The third kappa shape index (κ3) is 5.37. The number of aromatic amines is 1. The molecule has 240 valence electrons. The molecule has 7 heterocycles. The Balaban J connectivity index is 0.000000114.